The van der Waals surface area contributed by atoms with E-state index in [4.69, 9.17) is 9.57 Å². The summed E-state index contributed by atoms with van der Waals surface area (Å²) in [5.41, 5.74) is 0.967. The van der Waals surface area contributed by atoms with Gasteiger partial charge < -0.3 is 4.74 Å². The first-order valence-electron chi connectivity index (χ1n) is 10.0. The van der Waals surface area contributed by atoms with Crippen molar-refractivity contribution in [2.24, 2.45) is 0 Å². The van der Waals surface area contributed by atoms with E-state index in [1.165, 1.54) is 43.6 Å². The average Bonchev–Trinajstić information content (AvgIpc) is 3.09. The van der Waals surface area contributed by atoms with Crippen LogP contribution in [0.2, 0.25) is 0 Å². The summed E-state index contributed by atoms with van der Waals surface area (Å²) < 4.78 is 5.39. The Labute approximate surface area is 158 Å². The van der Waals surface area contributed by atoms with E-state index in [9.17, 15) is 4.79 Å². The lowest BCUT2D eigenvalue weighted by molar-refractivity contribution is -0.137. The summed E-state index contributed by atoms with van der Waals surface area (Å²) in [4.78, 5) is 18.2. The molecule has 0 saturated carbocycles. The van der Waals surface area contributed by atoms with Crippen molar-refractivity contribution in [3.8, 4) is 0 Å². The molecule has 1 aliphatic heterocycles. The Bertz CT molecular complexity index is 531. The summed E-state index contributed by atoms with van der Waals surface area (Å²) in [6, 6.07) is 9.57. The highest BCUT2D eigenvalue weighted by Crippen LogP contribution is 2.27. The van der Waals surface area contributed by atoms with Crippen LogP contribution in [0.5, 0.6) is 0 Å². The Kier molecular flexibility index (Phi) is 9.26. The maximum absolute atomic E-state index is 12.3. The Morgan fingerprint density at radius 1 is 1.19 bits per heavy atom. The van der Waals surface area contributed by atoms with Crippen molar-refractivity contribution in [2.45, 2.75) is 83.5 Å². The fraction of sp³-hybridized carbons (Fsp3) is 0.591. The van der Waals surface area contributed by atoms with E-state index in [-0.39, 0.29) is 18.8 Å². The first-order valence-corrected chi connectivity index (χ1v) is 10.0. The fourth-order valence-corrected chi connectivity index (χ4v) is 3.30. The molecule has 26 heavy (non-hydrogen) atoms. The number of benzene rings is 1. The molecule has 2 atom stereocenters. The van der Waals surface area contributed by atoms with Crippen molar-refractivity contribution in [2.75, 3.05) is 0 Å². The number of rotatable bonds is 11. The molecule has 0 N–H and O–H groups in total. The van der Waals surface area contributed by atoms with Crippen LogP contribution in [0, 0.1) is 0 Å². The van der Waals surface area contributed by atoms with Gasteiger partial charge in [0, 0.05) is 6.42 Å². The van der Waals surface area contributed by atoms with Crippen LogP contribution in [-0.4, -0.2) is 23.3 Å². The molecule has 1 fully saturated rings. The van der Waals surface area contributed by atoms with E-state index < -0.39 is 6.09 Å². The van der Waals surface area contributed by atoms with Crippen molar-refractivity contribution < 1.29 is 14.4 Å². The predicted octanol–water partition coefficient (Wildman–Crippen LogP) is 6.02. The Balaban J connectivity index is 1.68. The molecule has 0 aromatic heterocycles. The molecule has 1 amide bonds. The minimum Gasteiger partial charge on any atom is -0.443 e. The predicted molar refractivity (Wildman–Crippen MR) is 105 cm³/mol. The summed E-state index contributed by atoms with van der Waals surface area (Å²) in [7, 11) is 0. The molecular formula is C22H33NO3. The van der Waals surface area contributed by atoms with Gasteiger partial charge in [0.25, 0.3) is 0 Å². The number of carbonyl (C=O) groups is 1. The summed E-state index contributed by atoms with van der Waals surface area (Å²) in [5, 5.41) is 1.36. The largest absolute Gasteiger partial charge is 0.443 e. The monoisotopic (exact) mass is 359 g/mol. The second kappa shape index (κ2) is 11.7. The minimum atomic E-state index is -0.430. The normalized spacial score (nSPS) is 19.5. The molecule has 1 heterocycles. The summed E-state index contributed by atoms with van der Waals surface area (Å²) >= 11 is 0. The van der Waals surface area contributed by atoms with Gasteiger partial charge in [0.15, 0.2) is 0 Å². The molecule has 0 unspecified atom stereocenters. The lowest BCUT2D eigenvalue weighted by Gasteiger charge is -2.20. The molecule has 4 heteroatoms. The van der Waals surface area contributed by atoms with Crippen molar-refractivity contribution >= 4 is 6.09 Å². The molecule has 0 spiro atoms. The van der Waals surface area contributed by atoms with Gasteiger partial charge in [-0.15, -0.1) is 6.58 Å². The second-order valence-corrected chi connectivity index (χ2v) is 7.04. The molecule has 0 radical (unpaired) electrons. The summed E-state index contributed by atoms with van der Waals surface area (Å²) in [6.07, 6.45) is 12.2. The number of hydrogen-bond donors (Lipinski definition) is 0. The van der Waals surface area contributed by atoms with Crippen LogP contribution < -0.4 is 0 Å². The maximum atomic E-state index is 12.3. The number of ether oxygens (including phenoxy) is 1. The first kappa shape index (κ1) is 20.5. The van der Waals surface area contributed by atoms with Gasteiger partial charge in [0.1, 0.15) is 6.61 Å². The second-order valence-electron chi connectivity index (χ2n) is 7.04. The van der Waals surface area contributed by atoms with Crippen LogP contribution >= 0.6 is 0 Å². The van der Waals surface area contributed by atoms with Gasteiger partial charge in [0.2, 0.25) is 0 Å². The van der Waals surface area contributed by atoms with Crippen LogP contribution in [0.15, 0.2) is 43.0 Å². The fourth-order valence-electron chi connectivity index (χ4n) is 3.30. The van der Waals surface area contributed by atoms with E-state index in [1.54, 1.807) is 6.08 Å². The van der Waals surface area contributed by atoms with Crippen LogP contribution in [0.4, 0.5) is 4.79 Å². The third kappa shape index (κ3) is 6.83. The quantitative estimate of drug-likeness (QED) is 0.358. The number of hydroxylamine groups is 2. The molecule has 0 bridgehead atoms. The zero-order valence-electron chi connectivity index (χ0n) is 16.1. The Hall–Kier alpha value is -1.81. The van der Waals surface area contributed by atoms with Crippen LogP contribution in [0.3, 0.4) is 0 Å². The minimum absolute atomic E-state index is 0.0814. The van der Waals surface area contributed by atoms with Crippen molar-refractivity contribution in [3.63, 3.8) is 0 Å². The molecule has 0 aliphatic carbocycles. The maximum Gasteiger partial charge on any atom is 0.434 e. The molecular weight excluding hydrogens is 326 g/mol. The van der Waals surface area contributed by atoms with E-state index in [0.717, 1.165) is 24.8 Å². The third-order valence-corrected chi connectivity index (χ3v) is 4.86. The van der Waals surface area contributed by atoms with Gasteiger partial charge in [-0.2, -0.15) is 5.06 Å². The zero-order chi connectivity index (χ0) is 18.6. The van der Waals surface area contributed by atoms with Gasteiger partial charge in [0.05, 0.1) is 12.1 Å². The molecule has 144 valence electrons. The first-order chi connectivity index (χ1) is 12.7. The highest BCUT2D eigenvalue weighted by molar-refractivity contribution is 5.67. The van der Waals surface area contributed by atoms with Crippen LogP contribution in [0.1, 0.15) is 70.3 Å². The molecule has 2 rings (SSSR count). The smallest absolute Gasteiger partial charge is 0.434 e. The van der Waals surface area contributed by atoms with E-state index in [1.807, 2.05) is 30.3 Å². The van der Waals surface area contributed by atoms with Crippen molar-refractivity contribution in [1.82, 2.24) is 5.06 Å². The number of nitrogens with zero attached hydrogens (tertiary/aromatic N) is 1. The Morgan fingerprint density at radius 3 is 2.58 bits per heavy atom. The topological polar surface area (TPSA) is 38.8 Å². The van der Waals surface area contributed by atoms with Crippen LogP contribution in [0.25, 0.3) is 0 Å². The number of carbonyl (C=O) groups excluding carboxylic acids is 1. The SMILES string of the molecule is C=C[C@H]1C[C@@H](CCCCCCCCC)ON1C(=O)OCc1ccccc1. The number of unbranched alkanes of at least 4 members (excludes halogenated alkanes) is 6. The molecule has 1 aliphatic rings. The highest BCUT2D eigenvalue weighted by Gasteiger charge is 2.35. The molecule has 4 nitrogen and oxygen atoms in total. The van der Waals surface area contributed by atoms with Crippen molar-refractivity contribution in [3.05, 3.63) is 48.6 Å². The number of hydrogen-bond acceptors (Lipinski definition) is 3. The lowest BCUT2D eigenvalue weighted by Crippen LogP contribution is -2.33. The van der Waals surface area contributed by atoms with E-state index in [2.05, 4.69) is 13.5 Å². The van der Waals surface area contributed by atoms with Gasteiger partial charge in [-0.3, -0.25) is 4.84 Å². The average molecular weight is 360 g/mol. The standard InChI is InChI=1S/C22H33NO3/c1-3-5-6-7-8-9-13-16-21-17-20(4-2)23(26-21)22(24)25-18-19-14-11-10-12-15-19/h4,10-12,14-15,20-21H,2-3,5-9,13,16-18H2,1H3/t20-,21+/m0/s1. The number of amides is 1. The van der Waals surface area contributed by atoms with E-state index in [0.29, 0.717) is 0 Å². The van der Waals surface area contributed by atoms with Gasteiger partial charge in [-0.1, -0.05) is 88.3 Å². The van der Waals surface area contributed by atoms with Crippen molar-refractivity contribution in [1.29, 1.82) is 0 Å². The summed E-state index contributed by atoms with van der Waals surface area (Å²) in [5.74, 6) is 0. The summed E-state index contributed by atoms with van der Waals surface area (Å²) in [6.45, 7) is 6.33. The molecule has 1 aromatic carbocycles. The molecule has 1 aromatic rings. The van der Waals surface area contributed by atoms with Gasteiger partial charge >= 0.3 is 6.09 Å². The van der Waals surface area contributed by atoms with Gasteiger partial charge in [-0.25, -0.2) is 4.79 Å². The Morgan fingerprint density at radius 2 is 1.88 bits per heavy atom. The highest BCUT2D eigenvalue weighted by atomic mass is 16.7. The third-order valence-electron chi connectivity index (χ3n) is 4.86. The van der Waals surface area contributed by atoms with Gasteiger partial charge in [-0.05, 0) is 12.0 Å². The van der Waals surface area contributed by atoms with Crippen LogP contribution in [-0.2, 0) is 16.2 Å². The zero-order valence-corrected chi connectivity index (χ0v) is 16.1. The van der Waals surface area contributed by atoms with E-state index >= 15 is 0 Å². The molecule has 1 saturated heterocycles. The lowest BCUT2D eigenvalue weighted by atomic mass is 10.0.